The van der Waals surface area contributed by atoms with Gasteiger partial charge < -0.3 is 19.5 Å². The maximum atomic E-state index is 11.8. The molecule has 4 aromatic rings. The molecule has 6 rings (SSSR count). The van der Waals surface area contributed by atoms with E-state index in [-0.39, 0.29) is 11.5 Å². The number of nitrogens with two attached hydrogens (primary N) is 1. The Hall–Kier alpha value is -3.78. The number of ether oxygens (including phenoxy) is 1. The Morgan fingerprint density at radius 1 is 0.842 bits per heavy atom. The molecule has 2 aliphatic rings. The number of hydrogen-bond acceptors (Lipinski definition) is 13. The molecule has 0 aliphatic heterocycles. The summed E-state index contributed by atoms with van der Waals surface area (Å²) in [4.78, 5) is 40.4. The van der Waals surface area contributed by atoms with Crippen LogP contribution in [-0.2, 0) is 30.4 Å². The second-order valence-corrected chi connectivity index (χ2v) is 9.77. The number of fused-ring (bicyclic) bond motifs is 6. The molecule has 0 saturated heterocycles. The van der Waals surface area contributed by atoms with Crippen molar-refractivity contribution in [1.29, 1.82) is 0 Å². The number of aryl methyl sites for hydroxylation is 2. The van der Waals surface area contributed by atoms with E-state index in [0.29, 0.717) is 41.1 Å². The van der Waals surface area contributed by atoms with Crippen LogP contribution in [0, 0.1) is 0 Å². The molecule has 12 nitrogen and oxygen atoms in total. The molecule has 0 saturated carbocycles. The van der Waals surface area contributed by atoms with E-state index in [1.807, 2.05) is 18.7 Å². The third kappa shape index (κ3) is 4.76. The number of aromatic nitrogens is 6. The fraction of sp³-hybridized carbons (Fsp3) is 0.333. The maximum Gasteiger partial charge on any atom is 0.377 e. The molecule has 0 aromatic carbocycles. The zero-order chi connectivity index (χ0) is 26.8. The van der Waals surface area contributed by atoms with Gasteiger partial charge in [0.1, 0.15) is 22.8 Å². The molecular weight excluding hydrogens is 530 g/mol. The van der Waals surface area contributed by atoms with Gasteiger partial charge in [0.15, 0.2) is 10.3 Å². The zero-order valence-electron chi connectivity index (χ0n) is 20.8. The smallest absolute Gasteiger partial charge is 0.377 e. The second kappa shape index (κ2) is 10.9. The Bertz CT molecular complexity index is 1530. The van der Waals surface area contributed by atoms with Gasteiger partial charge in [-0.3, -0.25) is 4.79 Å². The lowest BCUT2D eigenvalue weighted by atomic mass is 9.93. The van der Waals surface area contributed by atoms with Crippen LogP contribution in [0.1, 0.15) is 50.3 Å². The minimum Gasteiger partial charge on any atom is -0.460 e. The summed E-state index contributed by atoms with van der Waals surface area (Å²) in [6, 6.07) is 0. The Morgan fingerprint density at radius 2 is 1.34 bits per heavy atom. The molecule has 4 heterocycles. The van der Waals surface area contributed by atoms with Gasteiger partial charge in [-0.05, 0) is 56.2 Å². The summed E-state index contributed by atoms with van der Waals surface area (Å²) in [7, 11) is 0. The lowest BCUT2D eigenvalue weighted by molar-refractivity contribution is 0.0478. The lowest BCUT2D eigenvalue weighted by Gasteiger charge is -2.13. The highest BCUT2D eigenvalue weighted by atomic mass is 32.2. The monoisotopic (exact) mass is 553 g/mol. The second-order valence-electron chi connectivity index (χ2n) is 8.22. The molecule has 0 unspecified atom stereocenters. The van der Waals surface area contributed by atoms with Gasteiger partial charge >= 0.3 is 5.97 Å². The summed E-state index contributed by atoms with van der Waals surface area (Å²) >= 11 is 2.92. The quantitative estimate of drug-likeness (QED) is 0.217. The fourth-order valence-electron chi connectivity index (χ4n) is 4.28. The van der Waals surface area contributed by atoms with Gasteiger partial charge in [-0.2, -0.15) is 0 Å². The van der Waals surface area contributed by atoms with E-state index in [2.05, 4.69) is 30.2 Å². The van der Waals surface area contributed by atoms with Crippen LogP contribution in [-0.4, -0.2) is 61.2 Å². The molecule has 196 valence electrons. The van der Waals surface area contributed by atoms with Gasteiger partial charge in [0.25, 0.3) is 5.91 Å². The first-order valence-corrected chi connectivity index (χ1v) is 14.1. The van der Waals surface area contributed by atoms with E-state index in [1.165, 1.54) is 23.5 Å². The van der Waals surface area contributed by atoms with Crippen molar-refractivity contribution in [2.75, 3.05) is 19.1 Å². The van der Waals surface area contributed by atoms with Crippen molar-refractivity contribution in [1.82, 2.24) is 30.2 Å². The molecule has 0 spiro atoms. The molecule has 2 aliphatic carbocycles. The van der Waals surface area contributed by atoms with Crippen LogP contribution in [0.5, 0.6) is 0 Å². The van der Waals surface area contributed by atoms with Gasteiger partial charge in [0.2, 0.25) is 11.5 Å². The number of rotatable bonds is 5. The van der Waals surface area contributed by atoms with Gasteiger partial charge in [0.05, 0.1) is 6.61 Å². The Balaban J connectivity index is 0.000000156. The highest BCUT2D eigenvalue weighted by molar-refractivity contribution is 7.98. The number of esters is 1. The third-order valence-electron chi connectivity index (χ3n) is 6.05. The first-order chi connectivity index (χ1) is 18.4. The van der Waals surface area contributed by atoms with Gasteiger partial charge in [-0.1, -0.05) is 33.8 Å². The number of hydrogen-bond donors (Lipinski definition) is 1. The summed E-state index contributed by atoms with van der Waals surface area (Å²) in [5, 5.41) is 9.27. The van der Waals surface area contributed by atoms with Crippen LogP contribution in [0.15, 0.2) is 31.8 Å². The first-order valence-electron chi connectivity index (χ1n) is 11.7. The molecule has 0 radical (unpaired) electrons. The topological polar surface area (TPSA) is 173 Å². The summed E-state index contributed by atoms with van der Waals surface area (Å²) < 4.78 is 15.2. The van der Waals surface area contributed by atoms with Crippen LogP contribution >= 0.6 is 23.5 Å². The van der Waals surface area contributed by atoms with Crippen molar-refractivity contribution < 1.29 is 23.4 Å². The number of primary amides is 1. The van der Waals surface area contributed by atoms with Gasteiger partial charge in [-0.15, -0.1) is 0 Å². The highest BCUT2D eigenvalue weighted by Gasteiger charge is 2.30. The third-order valence-corrected chi connectivity index (χ3v) is 7.17. The summed E-state index contributed by atoms with van der Waals surface area (Å²) in [5.74, 6) is -0.730. The minimum atomic E-state index is -0.591. The van der Waals surface area contributed by atoms with Crippen molar-refractivity contribution in [3.8, 4) is 22.8 Å². The molecule has 0 fully saturated rings. The normalized spacial score (nSPS) is 12.8. The molecule has 0 bridgehead atoms. The minimum absolute atomic E-state index is 0.139. The maximum absolute atomic E-state index is 11.8. The molecule has 4 aromatic heterocycles. The first kappa shape index (κ1) is 25.9. The molecule has 2 N–H and O–H groups in total. The predicted octanol–water partition coefficient (Wildman–Crippen LogP) is 3.18. The van der Waals surface area contributed by atoms with Crippen molar-refractivity contribution in [3.63, 3.8) is 0 Å². The average molecular weight is 554 g/mol. The van der Waals surface area contributed by atoms with Crippen molar-refractivity contribution in [2.45, 2.75) is 42.9 Å². The molecule has 1 amide bonds. The Labute approximate surface area is 225 Å². The van der Waals surface area contributed by atoms with Crippen LogP contribution in [0.25, 0.3) is 22.8 Å². The average Bonchev–Trinajstić information content (AvgIpc) is 3.58. The largest absolute Gasteiger partial charge is 0.460 e. The lowest BCUT2D eigenvalue weighted by Crippen LogP contribution is -2.14. The molecular formula is C24H23N7O5S2. The van der Waals surface area contributed by atoms with Crippen molar-refractivity contribution in [3.05, 3.63) is 46.2 Å². The summed E-state index contributed by atoms with van der Waals surface area (Å²) in [6.45, 7) is 2.07. The number of thioether (sulfide) groups is 2. The van der Waals surface area contributed by atoms with E-state index in [1.54, 1.807) is 13.1 Å². The molecule has 0 atom stereocenters. The molecule has 38 heavy (non-hydrogen) atoms. The van der Waals surface area contributed by atoms with Gasteiger partial charge in [-0.25, -0.2) is 24.7 Å². The molecule has 14 heteroatoms. The summed E-state index contributed by atoms with van der Waals surface area (Å²) in [6.07, 6.45) is 10.3. The Morgan fingerprint density at radius 3 is 1.82 bits per heavy atom. The van der Waals surface area contributed by atoms with Crippen molar-refractivity contribution in [2.24, 2.45) is 5.73 Å². The van der Waals surface area contributed by atoms with E-state index in [4.69, 9.17) is 19.5 Å². The van der Waals surface area contributed by atoms with E-state index < -0.39 is 11.9 Å². The number of carbonyl (C=O) groups excluding carboxylic acids is 2. The Kier molecular flexibility index (Phi) is 7.42. The SMILES string of the molecule is CCOC(=O)c1onc2c1CCc1cnc(SC)nc1-2.CSc1ncc2c(n1)-c1noc(C(N)=O)c1CC2. The van der Waals surface area contributed by atoms with Crippen LogP contribution < -0.4 is 5.73 Å². The van der Waals surface area contributed by atoms with E-state index >= 15 is 0 Å². The standard InChI is InChI=1S/C13H13N3O3S.C11H10N4O2S/c1-3-18-12(17)11-8-5-4-7-6-14-13(20-2)15-9(7)10(8)16-19-11;1-18-11-13-4-5-2-3-6-8(7(5)14-11)15-17-9(6)10(12)16/h6H,3-5H2,1-2H3;4H,2-3H2,1H3,(H2,12,16). The highest BCUT2D eigenvalue weighted by Crippen LogP contribution is 2.35. The number of carbonyl (C=O) groups is 2. The zero-order valence-corrected chi connectivity index (χ0v) is 22.4. The van der Waals surface area contributed by atoms with Gasteiger partial charge in [0, 0.05) is 23.5 Å². The van der Waals surface area contributed by atoms with Crippen LogP contribution in [0.2, 0.25) is 0 Å². The number of nitrogens with zero attached hydrogens (tertiary/aromatic N) is 6. The van der Waals surface area contributed by atoms with Crippen molar-refractivity contribution >= 4 is 35.4 Å². The van der Waals surface area contributed by atoms with Crippen LogP contribution in [0.3, 0.4) is 0 Å². The van der Waals surface area contributed by atoms with E-state index in [0.717, 1.165) is 46.5 Å². The fourth-order valence-corrected chi connectivity index (χ4v) is 4.96. The van der Waals surface area contributed by atoms with E-state index in [9.17, 15) is 9.59 Å². The van der Waals surface area contributed by atoms with Crippen LogP contribution in [0.4, 0.5) is 0 Å². The number of amides is 1. The predicted molar refractivity (Wildman–Crippen MR) is 138 cm³/mol. The summed E-state index contributed by atoms with van der Waals surface area (Å²) in [5.41, 5.74) is 11.6.